The molecule has 0 bridgehead atoms. The van der Waals surface area contributed by atoms with E-state index in [1.54, 1.807) is 0 Å². The summed E-state index contributed by atoms with van der Waals surface area (Å²) in [5, 5.41) is 1.94. The molecule has 2 aromatic rings. The second kappa shape index (κ2) is 14.8. The van der Waals surface area contributed by atoms with Gasteiger partial charge in [0.05, 0.1) is 56.1 Å². The zero-order valence-corrected chi connectivity index (χ0v) is 27.7. The van der Waals surface area contributed by atoms with Crippen LogP contribution < -0.4 is 19.6 Å². The predicted molar refractivity (Wildman–Crippen MR) is 177 cm³/mol. The van der Waals surface area contributed by atoms with Gasteiger partial charge in [0.1, 0.15) is 12.0 Å². The Kier molecular flexibility index (Phi) is 11.4. The van der Waals surface area contributed by atoms with E-state index >= 15 is 0 Å². The van der Waals surface area contributed by atoms with E-state index in [0.717, 1.165) is 35.1 Å². The molecule has 8 nitrogen and oxygen atoms in total. The molecule has 2 aliphatic rings. The smallest absolute Gasteiger partial charge is 0.302 e. The Morgan fingerprint density at radius 1 is 0.721 bits per heavy atom. The fourth-order valence-corrected chi connectivity index (χ4v) is 6.12. The van der Waals surface area contributed by atoms with Gasteiger partial charge in [-0.3, -0.25) is 9.59 Å². The van der Waals surface area contributed by atoms with E-state index in [-0.39, 0.29) is 18.1 Å². The Morgan fingerprint density at radius 3 is 1.72 bits per heavy atom. The van der Waals surface area contributed by atoms with Gasteiger partial charge < -0.3 is 29.1 Å². The summed E-state index contributed by atoms with van der Waals surface area (Å²) in [6.07, 6.45) is 7.43. The lowest BCUT2D eigenvalue weighted by Gasteiger charge is -2.30. The van der Waals surface area contributed by atoms with Gasteiger partial charge in [-0.05, 0) is 63.1 Å². The summed E-state index contributed by atoms with van der Waals surface area (Å²) in [6, 6.07) is 7.56. The second-order valence-corrected chi connectivity index (χ2v) is 11.7. The van der Waals surface area contributed by atoms with Crippen LogP contribution >= 0.6 is 46.4 Å². The fourth-order valence-electron chi connectivity index (χ4n) is 5.49. The molecule has 43 heavy (non-hydrogen) atoms. The largest absolute Gasteiger partial charge is 0.466 e. The van der Waals surface area contributed by atoms with Gasteiger partial charge >= 0.3 is 11.9 Å². The first-order valence-corrected chi connectivity index (χ1v) is 15.8. The highest BCUT2D eigenvalue weighted by molar-refractivity contribution is 6.43. The van der Waals surface area contributed by atoms with Crippen LogP contribution in [0.15, 0.2) is 48.3 Å². The summed E-state index contributed by atoms with van der Waals surface area (Å²) < 4.78 is 10.4. The molecule has 0 N–H and O–H groups in total. The van der Waals surface area contributed by atoms with Crippen LogP contribution in [0, 0.1) is 0 Å². The number of benzene rings is 2. The van der Waals surface area contributed by atoms with E-state index in [1.165, 1.54) is 13.8 Å². The molecule has 0 aromatic heterocycles. The predicted octanol–water partition coefficient (Wildman–Crippen LogP) is 7.92. The van der Waals surface area contributed by atoms with Crippen molar-refractivity contribution < 1.29 is 19.1 Å². The second-order valence-electron chi connectivity index (χ2n) is 10.1. The molecule has 4 rings (SSSR count). The van der Waals surface area contributed by atoms with Crippen LogP contribution in [0.1, 0.15) is 40.5 Å². The van der Waals surface area contributed by atoms with Crippen molar-refractivity contribution in [2.24, 2.45) is 0 Å². The molecule has 0 aliphatic carbocycles. The molecular weight excluding hydrogens is 634 g/mol. The Balaban J connectivity index is 1.66. The lowest BCUT2D eigenvalue weighted by atomic mass is 10.2. The number of carbonyl (C=O) groups excluding carboxylic acids is 2. The minimum absolute atomic E-state index is 0.121. The molecule has 1 atom stereocenters. The summed E-state index contributed by atoms with van der Waals surface area (Å²) in [4.78, 5) is 31.5. The molecule has 0 spiro atoms. The van der Waals surface area contributed by atoms with E-state index < -0.39 is 0 Å². The van der Waals surface area contributed by atoms with Crippen molar-refractivity contribution in [1.29, 1.82) is 0 Å². The molecule has 2 heterocycles. The Bertz CT molecular complexity index is 1420. The van der Waals surface area contributed by atoms with Gasteiger partial charge in [-0.25, -0.2) is 0 Å². The summed E-state index contributed by atoms with van der Waals surface area (Å²) in [7, 11) is 0. The average molecular weight is 670 g/mol. The Hall–Kier alpha value is -2.78. The monoisotopic (exact) mass is 668 g/mol. The number of nitrogens with zero attached hydrogens (tertiary/aromatic N) is 4. The number of fused-ring (bicyclic) bond motifs is 2. The molecule has 2 aromatic carbocycles. The number of ether oxygens (including phenoxy) is 2. The lowest BCUT2D eigenvalue weighted by Crippen LogP contribution is -2.42. The van der Waals surface area contributed by atoms with Crippen molar-refractivity contribution in [2.75, 3.05) is 59.0 Å². The van der Waals surface area contributed by atoms with Crippen LogP contribution in [0.3, 0.4) is 0 Å². The van der Waals surface area contributed by atoms with Crippen molar-refractivity contribution in [3.05, 3.63) is 68.4 Å². The number of esters is 2. The third-order valence-corrected chi connectivity index (χ3v) is 8.74. The molecule has 232 valence electrons. The third kappa shape index (κ3) is 7.48. The fraction of sp³-hybridized carbons (Fsp3) is 0.419. The van der Waals surface area contributed by atoms with Crippen molar-refractivity contribution in [1.82, 2.24) is 0 Å². The molecule has 0 fully saturated rings. The topological polar surface area (TPSA) is 65.6 Å². The average Bonchev–Trinajstić information content (AvgIpc) is 3.39. The number of allylic oxidation sites excluding steroid dienone is 2. The van der Waals surface area contributed by atoms with E-state index in [4.69, 9.17) is 55.9 Å². The maximum atomic E-state index is 11.3. The van der Waals surface area contributed by atoms with Crippen LogP contribution in [0.2, 0.25) is 20.1 Å². The Labute approximate surface area is 273 Å². The highest BCUT2D eigenvalue weighted by Gasteiger charge is 2.35. The summed E-state index contributed by atoms with van der Waals surface area (Å²) in [6.45, 7) is 10.3. The number of rotatable bonds is 12. The normalized spacial score (nSPS) is 16.8. The number of carbonyl (C=O) groups is 2. The summed E-state index contributed by atoms with van der Waals surface area (Å²) >= 11 is 25.7. The van der Waals surface area contributed by atoms with Crippen molar-refractivity contribution >= 4 is 81.1 Å². The minimum atomic E-state index is -0.302. The van der Waals surface area contributed by atoms with Gasteiger partial charge in [-0.15, -0.1) is 0 Å². The third-order valence-electron chi connectivity index (χ3n) is 7.29. The van der Waals surface area contributed by atoms with Gasteiger partial charge in [0.25, 0.3) is 0 Å². The minimum Gasteiger partial charge on any atom is -0.466 e. The molecule has 0 radical (unpaired) electrons. The molecule has 0 saturated carbocycles. The van der Waals surface area contributed by atoms with Crippen LogP contribution in [0.4, 0.5) is 22.7 Å². The van der Waals surface area contributed by atoms with E-state index in [9.17, 15) is 9.59 Å². The van der Waals surface area contributed by atoms with Crippen LogP contribution in [-0.2, 0) is 19.1 Å². The number of anilines is 4. The lowest BCUT2D eigenvalue weighted by molar-refractivity contribution is -0.141. The SMILES string of the molecule is CCN1/C(=C/C=C/[C@@H]2N(CC)c3cc(Cl)c(Cl)cc3N2CCCOC(C)=O)N(CCCOC(C)=O)c2cc(Cl)c(Cl)cc21. The number of halogens is 4. The van der Waals surface area contributed by atoms with Crippen molar-refractivity contribution in [3.8, 4) is 0 Å². The van der Waals surface area contributed by atoms with Crippen LogP contribution in [-0.4, -0.2) is 57.5 Å². The molecular formula is C31H36Cl4N4O4. The maximum absolute atomic E-state index is 11.3. The zero-order chi connectivity index (χ0) is 31.3. The molecule has 0 saturated heterocycles. The quantitative estimate of drug-likeness (QED) is 0.167. The Morgan fingerprint density at radius 2 is 1.21 bits per heavy atom. The number of likely N-dealkylation sites (N-methyl/N-ethyl adjacent to an activating group) is 1. The van der Waals surface area contributed by atoms with Crippen molar-refractivity contribution in [2.45, 2.75) is 46.7 Å². The zero-order valence-electron chi connectivity index (χ0n) is 24.7. The van der Waals surface area contributed by atoms with Gasteiger partial charge in [0, 0.05) is 40.0 Å². The van der Waals surface area contributed by atoms with Gasteiger partial charge in [0.15, 0.2) is 0 Å². The molecule has 2 aliphatic heterocycles. The highest BCUT2D eigenvalue weighted by atomic mass is 35.5. The van der Waals surface area contributed by atoms with Gasteiger partial charge in [-0.1, -0.05) is 52.5 Å². The molecule has 0 amide bonds. The van der Waals surface area contributed by atoms with E-state index in [2.05, 4.69) is 45.6 Å². The van der Waals surface area contributed by atoms with Gasteiger partial charge in [0.2, 0.25) is 0 Å². The van der Waals surface area contributed by atoms with Gasteiger partial charge in [-0.2, -0.15) is 0 Å². The summed E-state index contributed by atoms with van der Waals surface area (Å²) in [5.41, 5.74) is 3.87. The summed E-state index contributed by atoms with van der Waals surface area (Å²) in [5.74, 6) is 0.359. The number of hydrogen-bond acceptors (Lipinski definition) is 8. The highest BCUT2D eigenvalue weighted by Crippen LogP contribution is 2.46. The van der Waals surface area contributed by atoms with Crippen LogP contribution in [0.5, 0.6) is 0 Å². The van der Waals surface area contributed by atoms with Crippen LogP contribution in [0.25, 0.3) is 0 Å². The van der Waals surface area contributed by atoms with E-state index in [1.807, 2.05) is 30.3 Å². The standard InChI is InChI=1S/C31H36Cl4N4O4/c1-5-36-26-16-22(32)24(34)18-28(26)38(12-8-14-42-20(3)40)30(36)10-7-11-31-37(6-2)27-17-23(33)25(35)19-29(27)39(31)13-9-15-43-21(4)41/h7,10-11,16-19,30H,5-6,8-9,12-15H2,1-4H3/b10-7+,31-11-/t30-/m1/s1. The maximum Gasteiger partial charge on any atom is 0.302 e. The number of hydrogen-bond donors (Lipinski definition) is 0. The molecule has 12 heteroatoms. The first kappa shape index (κ1) is 33.1. The van der Waals surface area contributed by atoms with Crippen molar-refractivity contribution in [3.63, 3.8) is 0 Å². The molecule has 0 unspecified atom stereocenters. The first-order valence-electron chi connectivity index (χ1n) is 14.3. The van der Waals surface area contributed by atoms with E-state index in [0.29, 0.717) is 65.8 Å². The first-order chi connectivity index (χ1) is 20.6.